The van der Waals surface area contributed by atoms with Crippen molar-refractivity contribution >= 4 is 6.08 Å². The van der Waals surface area contributed by atoms with Crippen LogP contribution in [0.5, 0.6) is 5.75 Å². The summed E-state index contributed by atoms with van der Waals surface area (Å²) in [4.78, 5) is 0. The Labute approximate surface area is 103 Å². The van der Waals surface area contributed by atoms with Crippen LogP contribution in [-0.4, -0.2) is 6.61 Å². The summed E-state index contributed by atoms with van der Waals surface area (Å²) in [5.74, 6) is 1.82. The van der Waals surface area contributed by atoms with E-state index in [4.69, 9.17) is 4.74 Å². The van der Waals surface area contributed by atoms with Gasteiger partial charge in [-0.25, -0.2) is 0 Å². The van der Waals surface area contributed by atoms with E-state index in [0.29, 0.717) is 5.92 Å². The third-order valence-corrected chi connectivity index (χ3v) is 3.92. The lowest BCUT2D eigenvalue weighted by molar-refractivity contribution is 0.316. The van der Waals surface area contributed by atoms with Gasteiger partial charge in [0.1, 0.15) is 5.75 Å². The topological polar surface area (TPSA) is 9.23 Å². The van der Waals surface area contributed by atoms with Gasteiger partial charge >= 0.3 is 0 Å². The molecule has 0 spiro atoms. The van der Waals surface area contributed by atoms with E-state index in [1.807, 2.05) is 0 Å². The fourth-order valence-electron chi connectivity index (χ4n) is 2.78. The molecule has 1 heterocycles. The molecule has 0 aromatic heterocycles. The maximum absolute atomic E-state index is 5.97. The quantitative estimate of drug-likeness (QED) is 0.706. The van der Waals surface area contributed by atoms with E-state index in [1.165, 1.54) is 41.7 Å². The molecular formula is C16H20O. The number of ether oxygens (including phenoxy) is 1. The number of aryl methyl sites for hydroxylation is 1. The van der Waals surface area contributed by atoms with E-state index in [9.17, 15) is 0 Å². The van der Waals surface area contributed by atoms with E-state index in [1.54, 1.807) is 5.57 Å². The molecule has 0 unspecified atom stereocenters. The molecule has 2 aliphatic rings. The Bertz CT molecular complexity index is 469. The van der Waals surface area contributed by atoms with Crippen LogP contribution < -0.4 is 4.74 Å². The van der Waals surface area contributed by atoms with Crippen LogP contribution in [0.2, 0.25) is 0 Å². The van der Waals surface area contributed by atoms with Crippen LogP contribution in [0.3, 0.4) is 0 Å². The average Bonchev–Trinajstić information content (AvgIpc) is 2.61. The zero-order valence-electron chi connectivity index (χ0n) is 10.8. The SMILES string of the molecule is CC(C)C1=Cc2c(ccc3c2OCCCC3)C1. The predicted molar refractivity (Wildman–Crippen MR) is 71.4 cm³/mol. The third-order valence-electron chi connectivity index (χ3n) is 3.92. The minimum atomic E-state index is 0.642. The highest BCUT2D eigenvalue weighted by molar-refractivity contribution is 5.71. The highest BCUT2D eigenvalue weighted by atomic mass is 16.5. The smallest absolute Gasteiger partial charge is 0.129 e. The Morgan fingerprint density at radius 2 is 1.94 bits per heavy atom. The molecule has 17 heavy (non-hydrogen) atoms. The number of benzene rings is 1. The van der Waals surface area contributed by atoms with Gasteiger partial charge < -0.3 is 4.74 Å². The molecule has 1 nitrogen and oxygen atoms in total. The maximum atomic E-state index is 5.97. The maximum Gasteiger partial charge on any atom is 0.129 e. The first-order valence-electron chi connectivity index (χ1n) is 6.73. The molecule has 1 heteroatoms. The first-order chi connectivity index (χ1) is 8.25. The minimum Gasteiger partial charge on any atom is -0.493 e. The summed E-state index contributed by atoms with van der Waals surface area (Å²) >= 11 is 0. The van der Waals surface area contributed by atoms with E-state index in [-0.39, 0.29) is 0 Å². The molecule has 1 aliphatic heterocycles. The largest absolute Gasteiger partial charge is 0.493 e. The van der Waals surface area contributed by atoms with Crippen molar-refractivity contribution in [2.45, 2.75) is 39.5 Å². The number of hydrogen-bond donors (Lipinski definition) is 0. The number of allylic oxidation sites excluding steroid dienone is 1. The van der Waals surface area contributed by atoms with Crippen LogP contribution in [0.1, 0.15) is 43.4 Å². The van der Waals surface area contributed by atoms with E-state index in [0.717, 1.165) is 13.0 Å². The molecule has 3 rings (SSSR count). The number of hydrogen-bond acceptors (Lipinski definition) is 1. The summed E-state index contributed by atoms with van der Waals surface area (Å²) in [6.07, 6.45) is 7.10. The second-order valence-corrected chi connectivity index (χ2v) is 5.48. The predicted octanol–water partition coefficient (Wildman–Crippen LogP) is 4.00. The number of fused-ring (bicyclic) bond motifs is 3. The van der Waals surface area contributed by atoms with Gasteiger partial charge in [0, 0.05) is 5.56 Å². The van der Waals surface area contributed by atoms with Crippen molar-refractivity contribution in [2.75, 3.05) is 6.61 Å². The van der Waals surface area contributed by atoms with Crippen molar-refractivity contribution in [2.24, 2.45) is 5.92 Å². The zero-order chi connectivity index (χ0) is 11.8. The average molecular weight is 228 g/mol. The Morgan fingerprint density at radius 3 is 2.76 bits per heavy atom. The minimum absolute atomic E-state index is 0.642. The van der Waals surface area contributed by atoms with Gasteiger partial charge in [-0.3, -0.25) is 0 Å². The molecule has 90 valence electrons. The van der Waals surface area contributed by atoms with Gasteiger partial charge in [-0.05, 0) is 42.7 Å². The van der Waals surface area contributed by atoms with Crippen LogP contribution in [0.4, 0.5) is 0 Å². The zero-order valence-corrected chi connectivity index (χ0v) is 10.8. The molecular weight excluding hydrogens is 208 g/mol. The van der Waals surface area contributed by atoms with Gasteiger partial charge in [0.05, 0.1) is 6.61 Å². The van der Waals surface area contributed by atoms with E-state index in [2.05, 4.69) is 32.1 Å². The fourth-order valence-corrected chi connectivity index (χ4v) is 2.78. The summed E-state index contributed by atoms with van der Waals surface area (Å²) in [6.45, 7) is 5.43. The van der Waals surface area contributed by atoms with Crippen LogP contribution in [0.25, 0.3) is 6.08 Å². The highest BCUT2D eigenvalue weighted by Crippen LogP contribution is 2.39. The van der Waals surface area contributed by atoms with Gasteiger partial charge in [-0.15, -0.1) is 0 Å². The molecule has 0 amide bonds. The van der Waals surface area contributed by atoms with Gasteiger partial charge in [0.2, 0.25) is 0 Å². The van der Waals surface area contributed by atoms with Crippen molar-refractivity contribution < 1.29 is 4.74 Å². The van der Waals surface area contributed by atoms with Crippen molar-refractivity contribution in [1.82, 2.24) is 0 Å². The van der Waals surface area contributed by atoms with Gasteiger partial charge in [-0.1, -0.05) is 37.6 Å². The van der Waals surface area contributed by atoms with Crippen molar-refractivity contribution in [3.05, 3.63) is 34.4 Å². The number of rotatable bonds is 1. The van der Waals surface area contributed by atoms with Gasteiger partial charge in [0.25, 0.3) is 0 Å². The van der Waals surface area contributed by atoms with Crippen LogP contribution in [0, 0.1) is 5.92 Å². The lowest BCUT2D eigenvalue weighted by Crippen LogP contribution is -1.98. The first-order valence-corrected chi connectivity index (χ1v) is 6.73. The second kappa shape index (κ2) is 4.21. The van der Waals surface area contributed by atoms with Crippen molar-refractivity contribution in [3.63, 3.8) is 0 Å². The Hall–Kier alpha value is -1.24. The molecule has 0 atom stereocenters. The molecule has 0 saturated heterocycles. The summed E-state index contributed by atoms with van der Waals surface area (Å²) in [7, 11) is 0. The van der Waals surface area contributed by atoms with Crippen LogP contribution >= 0.6 is 0 Å². The highest BCUT2D eigenvalue weighted by Gasteiger charge is 2.21. The monoisotopic (exact) mass is 228 g/mol. The summed E-state index contributed by atoms with van der Waals surface area (Å²) in [6, 6.07) is 4.57. The first kappa shape index (κ1) is 10.9. The lowest BCUT2D eigenvalue weighted by atomic mass is 10.00. The molecule has 0 fully saturated rings. The van der Waals surface area contributed by atoms with Crippen molar-refractivity contribution in [1.29, 1.82) is 0 Å². The van der Waals surface area contributed by atoms with E-state index < -0.39 is 0 Å². The lowest BCUT2D eigenvalue weighted by Gasteiger charge is -2.11. The Balaban J connectivity index is 2.06. The molecule has 0 saturated carbocycles. The van der Waals surface area contributed by atoms with Crippen LogP contribution in [-0.2, 0) is 12.8 Å². The Morgan fingerprint density at radius 1 is 1.12 bits per heavy atom. The molecule has 0 bridgehead atoms. The molecule has 1 aromatic rings. The van der Waals surface area contributed by atoms with Gasteiger partial charge in [-0.2, -0.15) is 0 Å². The molecule has 1 aliphatic carbocycles. The third kappa shape index (κ3) is 1.88. The molecule has 1 aromatic carbocycles. The normalized spacial score (nSPS) is 18.2. The van der Waals surface area contributed by atoms with Gasteiger partial charge in [0.15, 0.2) is 0 Å². The molecule has 0 N–H and O–H groups in total. The second-order valence-electron chi connectivity index (χ2n) is 5.48. The summed E-state index contributed by atoms with van der Waals surface area (Å²) in [5.41, 5.74) is 5.77. The molecule has 0 radical (unpaired) electrons. The summed E-state index contributed by atoms with van der Waals surface area (Å²) < 4.78 is 5.97. The fraction of sp³-hybridized carbons (Fsp3) is 0.500. The van der Waals surface area contributed by atoms with Crippen LogP contribution in [0.15, 0.2) is 17.7 Å². The Kier molecular flexibility index (Phi) is 2.70. The van der Waals surface area contributed by atoms with Crippen molar-refractivity contribution in [3.8, 4) is 5.75 Å². The standard InChI is InChI=1S/C16H20O/c1-11(2)14-9-13-7-6-12-5-3-4-8-17-16(12)15(13)10-14/h6-7,10-11H,3-5,8-9H2,1-2H3. The van der Waals surface area contributed by atoms with E-state index >= 15 is 0 Å². The summed E-state index contributed by atoms with van der Waals surface area (Å²) in [5, 5.41) is 0.